The van der Waals surface area contributed by atoms with E-state index in [-0.39, 0.29) is 55.0 Å². The lowest BCUT2D eigenvalue weighted by Gasteiger charge is -2.13. The zero-order valence-electron chi connectivity index (χ0n) is 30.7. The summed E-state index contributed by atoms with van der Waals surface area (Å²) in [7, 11) is 1.47. The third kappa shape index (κ3) is 8.00. The number of thiazole rings is 1. The molecule has 0 radical (unpaired) electrons. The number of nitrogens with one attached hydrogen (secondary N) is 1. The van der Waals surface area contributed by atoms with Crippen LogP contribution in [-0.4, -0.2) is 79.6 Å². The van der Waals surface area contributed by atoms with Crippen molar-refractivity contribution in [3.05, 3.63) is 81.1 Å². The summed E-state index contributed by atoms with van der Waals surface area (Å²) in [6, 6.07) is 7.87. The Morgan fingerprint density at radius 1 is 1.02 bits per heavy atom. The van der Waals surface area contributed by atoms with Gasteiger partial charge in [-0.15, -0.1) is 0 Å². The van der Waals surface area contributed by atoms with Gasteiger partial charge in [0.2, 0.25) is 17.8 Å². The number of aliphatic hydroxyl groups is 1. The van der Waals surface area contributed by atoms with E-state index >= 15 is 0 Å². The molecule has 18 heteroatoms. The highest BCUT2D eigenvalue weighted by Crippen LogP contribution is 2.33. The molecule has 17 nitrogen and oxygen atoms in total. The highest BCUT2D eigenvalue weighted by Gasteiger charge is 2.24. The van der Waals surface area contributed by atoms with Gasteiger partial charge in [-0.2, -0.15) is 10.1 Å². The van der Waals surface area contributed by atoms with E-state index < -0.39 is 17.7 Å². The Labute approximate surface area is 318 Å². The van der Waals surface area contributed by atoms with E-state index in [0.717, 1.165) is 0 Å². The minimum absolute atomic E-state index is 0.107. The molecule has 0 saturated carbocycles. The number of nitrogens with zero attached hydrogens (tertiary/aromatic N) is 6. The molecular weight excluding hydrogens is 731 g/mol. The quantitative estimate of drug-likeness (QED) is 0.0897. The van der Waals surface area contributed by atoms with Crippen LogP contribution in [-0.2, 0) is 29.2 Å². The third-order valence-corrected chi connectivity index (χ3v) is 9.88. The molecule has 0 fully saturated rings. The van der Waals surface area contributed by atoms with Crippen molar-refractivity contribution in [1.29, 1.82) is 0 Å². The zero-order chi connectivity index (χ0) is 39.4. The molecule has 0 saturated heterocycles. The van der Waals surface area contributed by atoms with Crippen molar-refractivity contribution in [3.63, 3.8) is 0 Å². The number of aryl methyl sites for hydroxylation is 2. The smallest absolute Gasteiger partial charge is 0.297 e. The first kappa shape index (κ1) is 38.5. The van der Waals surface area contributed by atoms with Crippen LogP contribution in [0.3, 0.4) is 0 Å². The fraction of sp³-hybridized carbons (Fsp3) is 0.324. The Kier molecular flexibility index (Phi) is 11.5. The summed E-state index contributed by atoms with van der Waals surface area (Å²) in [6.45, 7) is 6.68. The summed E-state index contributed by atoms with van der Waals surface area (Å²) >= 11 is 1.20. The lowest BCUT2D eigenvalue weighted by molar-refractivity contribution is -0.113. The van der Waals surface area contributed by atoms with Gasteiger partial charge in [0.05, 0.1) is 41.8 Å². The van der Waals surface area contributed by atoms with E-state index in [1.54, 1.807) is 39.8 Å². The van der Waals surface area contributed by atoms with Crippen LogP contribution < -0.4 is 31.1 Å². The zero-order valence-corrected chi connectivity index (χ0v) is 31.6. The molecule has 2 aromatic carbocycles. The number of methoxy groups -OCH3 is 1. The molecule has 1 aliphatic rings. The summed E-state index contributed by atoms with van der Waals surface area (Å²) in [4.78, 5) is 60.9. The van der Waals surface area contributed by atoms with Crippen LogP contribution in [0.1, 0.15) is 63.6 Å². The van der Waals surface area contributed by atoms with Crippen LogP contribution in [0.15, 0.2) is 58.8 Å². The van der Waals surface area contributed by atoms with Crippen molar-refractivity contribution in [1.82, 2.24) is 23.9 Å². The molecule has 5 aromatic rings. The fourth-order valence-electron chi connectivity index (χ4n) is 6.21. The lowest BCUT2D eigenvalue weighted by atomic mass is 10.1. The number of ether oxygens (including phenoxy) is 3. The molecule has 0 atom stereocenters. The van der Waals surface area contributed by atoms with Gasteiger partial charge in [-0.05, 0) is 51.1 Å². The molecule has 0 spiro atoms. The Morgan fingerprint density at radius 2 is 1.73 bits per heavy atom. The largest absolute Gasteiger partial charge is 0.497 e. The van der Waals surface area contributed by atoms with Crippen LogP contribution in [0.4, 0.5) is 5.95 Å². The second kappa shape index (κ2) is 16.4. The maximum absolute atomic E-state index is 13.5. The molecule has 0 unspecified atom stereocenters. The normalized spacial score (nSPS) is 13.3. The number of anilines is 1. The van der Waals surface area contributed by atoms with Gasteiger partial charge >= 0.3 is 0 Å². The molecule has 1 aliphatic heterocycles. The Morgan fingerprint density at radius 3 is 2.38 bits per heavy atom. The second-order valence-electron chi connectivity index (χ2n) is 12.5. The highest BCUT2D eigenvalue weighted by atomic mass is 32.1. The average molecular weight is 772 g/mol. The van der Waals surface area contributed by atoms with E-state index in [9.17, 15) is 24.3 Å². The van der Waals surface area contributed by atoms with Gasteiger partial charge in [-0.1, -0.05) is 23.5 Å². The number of carbonyl (C=O) groups is 4. The Balaban J connectivity index is 1.43. The molecule has 4 amide bonds. The number of hydrogen-bond donors (Lipinski definition) is 4. The van der Waals surface area contributed by atoms with Crippen LogP contribution in [0.25, 0.3) is 21.3 Å². The number of primary amides is 2. The number of nitrogens with two attached hydrogens (primary N) is 2. The first-order valence-electron chi connectivity index (χ1n) is 17.4. The second-order valence-corrected chi connectivity index (χ2v) is 13.5. The van der Waals surface area contributed by atoms with Crippen molar-refractivity contribution >= 4 is 62.2 Å². The van der Waals surface area contributed by atoms with Gasteiger partial charge in [0.15, 0.2) is 4.80 Å². The standard InChI is InChI=1S/C37H41N9O8S/c1-5-46-26(15-20(2)43-46)35(51)42-37-45(31-27(52-4)17-23(33(39)49)19-29(31)55-37)11-7-6-10-44-30-25(16-22(32(38)48)18-28(30)54-13-8-12-47)40-36(44)41-34(50)24-9-14-53-21(24)3/h6-7,15-19,47H,5,8-14H2,1-4H3,(H2,38,48)(H2,39,49)(H,40,41,50)/b7-6+,42-37?. The molecule has 6 N–H and O–H groups in total. The van der Waals surface area contributed by atoms with Crippen LogP contribution in [0.2, 0.25) is 0 Å². The van der Waals surface area contributed by atoms with Crippen molar-refractivity contribution in [3.8, 4) is 11.5 Å². The number of amides is 4. The molecular formula is C37H41N9O8S. The van der Waals surface area contributed by atoms with Gasteiger partial charge in [0, 0.05) is 50.2 Å². The topological polar surface area (TPSA) is 233 Å². The van der Waals surface area contributed by atoms with E-state index in [4.69, 9.17) is 25.7 Å². The van der Waals surface area contributed by atoms with E-state index in [2.05, 4.69) is 20.4 Å². The van der Waals surface area contributed by atoms with E-state index in [1.165, 1.54) is 36.6 Å². The predicted molar refractivity (Wildman–Crippen MR) is 204 cm³/mol. The van der Waals surface area contributed by atoms with Gasteiger partial charge in [-0.3, -0.25) is 29.2 Å². The first-order chi connectivity index (χ1) is 26.4. The maximum Gasteiger partial charge on any atom is 0.297 e. The highest BCUT2D eigenvalue weighted by molar-refractivity contribution is 7.16. The summed E-state index contributed by atoms with van der Waals surface area (Å²) in [5.74, 6) is -0.845. The molecule has 4 heterocycles. The Hall–Kier alpha value is -6.27. The van der Waals surface area contributed by atoms with Gasteiger partial charge < -0.3 is 39.9 Å². The number of rotatable bonds is 15. The van der Waals surface area contributed by atoms with Crippen molar-refractivity contribution in [2.24, 2.45) is 16.5 Å². The van der Waals surface area contributed by atoms with Gasteiger partial charge in [0.25, 0.3) is 11.8 Å². The number of aromatic nitrogens is 5. The minimum Gasteiger partial charge on any atom is -0.497 e. The molecule has 0 bridgehead atoms. The molecule has 288 valence electrons. The first-order valence-corrected chi connectivity index (χ1v) is 18.3. The van der Waals surface area contributed by atoms with Crippen LogP contribution in [0, 0.1) is 6.92 Å². The Bertz CT molecular complexity index is 2470. The fourth-order valence-corrected chi connectivity index (χ4v) is 7.30. The number of carbonyl (C=O) groups excluding carboxylic acids is 4. The van der Waals surface area contributed by atoms with Crippen molar-refractivity contribution < 1.29 is 38.5 Å². The molecule has 0 aliphatic carbocycles. The van der Waals surface area contributed by atoms with Crippen LogP contribution in [0.5, 0.6) is 11.5 Å². The number of allylic oxidation sites excluding steroid dienone is 3. The van der Waals surface area contributed by atoms with E-state index in [1.807, 2.05) is 19.1 Å². The minimum atomic E-state index is -0.690. The number of aliphatic hydroxyl groups excluding tert-OH is 1. The average Bonchev–Trinajstić information content (AvgIpc) is 3.93. The number of benzene rings is 2. The summed E-state index contributed by atoms with van der Waals surface area (Å²) in [5.41, 5.74) is 14.6. The number of imidazole rings is 1. The van der Waals surface area contributed by atoms with Gasteiger partial charge in [-0.25, -0.2) is 4.98 Å². The molecule has 6 rings (SSSR count). The maximum atomic E-state index is 13.5. The van der Waals surface area contributed by atoms with Gasteiger partial charge in [0.1, 0.15) is 34.0 Å². The monoisotopic (exact) mass is 771 g/mol. The SMILES string of the molecule is CCn1nc(C)cc1C(=O)N=c1sc2cc(C(N)=O)cc(OC)c2n1C/C=C/Cn1c(NC(=O)C2=C(C)OCC2)nc2cc(C(N)=O)cc(OCCCO)c21. The summed E-state index contributed by atoms with van der Waals surface area (Å²) in [6.07, 6.45) is 4.45. The van der Waals surface area contributed by atoms with E-state index in [0.29, 0.717) is 80.5 Å². The molecule has 55 heavy (non-hydrogen) atoms. The summed E-state index contributed by atoms with van der Waals surface area (Å²) < 4.78 is 22.9. The molecule has 3 aromatic heterocycles. The van der Waals surface area contributed by atoms with Crippen molar-refractivity contribution in [2.75, 3.05) is 32.2 Å². The summed E-state index contributed by atoms with van der Waals surface area (Å²) in [5, 5.41) is 16.7. The third-order valence-electron chi connectivity index (χ3n) is 8.85. The number of fused-ring (bicyclic) bond motifs is 2. The number of hydrogen-bond acceptors (Lipinski definition) is 11. The lowest BCUT2D eigenvalue weighted by Crippen LogP contribution is -2.19. The van der Waals surface area contributed by atoms with Crippen LogP contribution >= 0.6 is 11.3 Å². The van der Waals surface area contributed by atoms with Crippen molar-refractivity contribution in [2.45, 2.75) is 53.2 Å². The predicted octanol–water partition coefficient (Wildman–Crippen LogP) is 3.18.